The highest BCUT2D eigenvalue weighted by atomic mass is 35.5. The summed E-state index contributed by atoms with van der Waals surface area (Å²) < 4.78 is 5.25. The van der Waals surface area contributed by atoms with Crippen LogP contribution in [0.4, 0.5) is 0 Å². The Morgan fingerprint density at radius 1 is 1.27 bits per heavy atom. The normalized spacial score (nSPS) is 21.6. The van der Waals surface area contributed by atoms with Gasteiger partial charge in [0.05, 0.1) is 5.41 Å². The third-order valence-corrected chi connectivity index (χ3v) is 5.50. The average molecular weight is 333 g/mol. The predicted octanol–water partition coefficient (Wildman–Crippen LogP) is 2.85. The Balaban J connectivity index is 0.00000242. The highest BCUT2D eigenvalue weighted by Gasteiger charge is 2.43. The maximum atomic E-state index is 13.0. The number of likely N-dealkylation sites (tertiary alicyclic amines) is 1. The van der Waals surface area contributed by atoms with Crippen LogP contribution in [0.1, 0.15) is 51.4 Å². The van der Waals surface area contributed by atoms with Crippen molar-refractivity contribution in [2.24, 2.45) is 11.3 Å². The number of halogens is 1. The topological polar surface area (TPSA) is 41.6 Å². The first kappa shape index (κ1) is 19.7. The van der Waals surface area contributed by atoms with E-state index in [0.29, 0.717) is 12.5 Å². The number of carbonyl (C=O) groups excluding carboxylic acids is 1. The smallest absolute Gasteiger partial charge is 0.228 e. The number of piperidine rings is 1. The molecule has 1 aliphatic carbocycles. The largest absolute Gasteiger partial charge is 0.385 e. The van der Waals surface area contributed by atoms with Crippen molar-refractivity contribution in [1.29, 1.82) is 0 Å². The molecule has 0 unspecified atom stereocenters. The van der Waals surface area contributed by atoms with Crippen molar-refractivity contribution in [2.45, 2.75) is 51.4 Å². The van der Waals surface area contributed by atoms with Crippen molar-refractivity contribution < 1.29 is 9.53 Å². The molecule has 2 aliphatic rings. The number of nitrogens with zero attached hydrogens (tertiary/aromatic N) is 1. The summed E-state index contributed by atoms with van der Waals surface area (Å²) >= 11 is 0. The number of amides is 1. The Morgan fingerprint density at radius 3 is 2.45 bits per heavy atom. The van der Waals surface area contributed by atoms with Crippen LogP contribution in [0.25, 0.3) is 0 Å². The number of rotatable bonds is 7. The predicted molar refractivity (Wildman–Crippen MR) is 92.5 cm³/mol. The number of ether oxygens (including phenoxy) is 1. The van der Waals surface area contributed by atoms with Crippen molar-refractivity contribution in [3.8, 4) is 0 Å². The number of hydrogen-bond donors (Lipinski definition) is 1. The van der Waals surface area contributed by atoms with Crippen LogP contribution in [0.15, 0.2) is 0 Å². The summed E-state index contributed by atoms with van der Waals surface area (Å²) in [6.45, 7) is 3.73. The second-order valence-corrected chi connectivity index (χ2v) is 6.86. The fraction of sp³-hybridized carbons (Fsp3) is 0.941. The van der Waals surface area contributed by atoms with Crippen LogP contribution in [0.3, 0.4) is 0 Å². The van der Waals surface area contributed by atoms with Gasteiger partial charge in [0.15, 0.2) is 0 Å². The third-order valence-electron chi connectivity index (χ3n) is 5.50. The zero-order valence-corrected chi connectivity index (χ0v) is 15.1. The Kier molecular flexibility index (Phi) is 8.73. The zero-order chi connectivity index (χ0) is 15.1. The van der Waals surface area contributed by atoms with Gasteiger partial charge in [-0.05, 0) is 58.0 Å². The first-order valence-corrected chi connectivity index (χ1v) is 8.65. The molecular weight excluding hydrogens is 300 g/mol. The van der Waals surface area contributed by atoms with Gasteiger partial charge in [-0.2, -0.15) is 0 Å². The summed E-state index contributed by atoms with van der Waals surface area (Å²) in [5.41, 5.74) is -0.103. The van der Waals surface area contributed by atoms with E-state index in [1.54, 1.807) is 7.11 Å². The van der Waals surface area contributed by atoms with Crippen LogP contribution >= 0.6 is 12.4 Å². The Hall–Kier alpha value is -0.320. The van der Waals surface area contributed by atoms with E-state index >= 15 is 0 Å². The second kappa shape index (κ2) is 9.74. The fourth-order valence-corrected chi connectivity index (χ4v) is 4.03. The summed E-state index contributed by atoms with van der Waals surface area (Å²) in [5, 5.41) is 3.23. The minimum atomic E-state index is -0.103. The summed E-state index contributed by atoms with van der Waals surface area (Å²) in [7, 11) is 3.75. The molecule has 5 heteroatoms. The quantitative estimate of drug-likeness (QED) is 0.779. The molecule has 1 aliphatic heterocycles. The first-order chi connectivity index (χ1) is 10.2. The van der Waals surface area contributed by atoms with E-state index in [1.165, 1.54) is 32.1 Å². The molecule has 130 valence electrons. The van der Waals surface area contributed by atoms with E-state index < -0.39 is 0 Å². The first-order valence-electron chi connectivity index (χ1n) is 8.65. The highest BCUT2D eigenvalue weighted by molar-refractivity contribution is 5.85. The van der Waals surface area contributed by atoms with Crippen LogP contribution in [-0.4, -0.2) is 51.2 Å². The van der Waals surface area contributed by atoms with Crippen molar-refractivity contribution >= 4 is 18.3 Å². The van der Waals surface area contributed by atoms with Gasteiger partial charge in [0.1, 0.15) is 0 Å². The molecule has 0 aromatic heterocycles. The lowest BCUT2D eigenvalue weighted by molar-refractivity contribution is -0.144. The maximum Gasteiger partial charge on any atom is 0.228 e. The summed E-state index contributed by atoms with van der Waals surface area (Å²) in [4.78, 5) is 15.2. The summed E-state index contributed by atoms with van der Waals surface area (Å²) in [5.74, 6) is 1.21. The SMILES string of the molecule is CNCCC1CCN(C(=O)C2(CCOC)CCCC2)CC1.Cl. The molecule has 1 amide bonds. The molecular formula is C17H33ClN2O2. The molecule has 22 heavy (non-hydrogen) atoms. The van der Waals surface area contributed by atoms with E-state index in [1.807, 2.05) is 7.05 Å². The zero-order valence-electron chi connectivity index (χ0n) is 14.2. The number of methoxy groups -OCH3 is 1. The molecule has 1 saturated heterocycles. The molecule has 1 heterocycles. The van der Waals surface area contributed by atoms with Gasteiger partial charge in [-0.15, -0.1) is 12.4 Å². The minimum absolute atomic E-state index is 0. The molecule has 4 nitrogen and oxygen atoms in total. The third kappa shape index (κ3) is 4.84. The average Bonchev–Trinajstić information content (AvgIpc) is 3.01. The monoisotopic (exact) mass is 332 g/mol. The fourth-order valence-electron chi connectivity index (χ4n) is 4.03. The molecule has 0 spiro atoms. The molecule has 0 radical (unpaired) electrons. The summed E-state index contributed by atoms with van der Waals surface area (Å²) in [6.07, 6.45) is 9.03. The van der Waals surface area contributed by atoms with Gasteiger partial charge in [0.2, 0.25) is 5.91 Å². The molecule has 0 aromatic rings. The highest BCUT2D eigenvalue weighted by Crippen LogP contribution is 2.43. The van der Waals surface area contributed by atoms with E-state index in [-0.39, 0.29) is 17.8 Å². The lowest BCUT2D eigenvalue weighted by atomic mass is 9.80. The standard InChI is InChI=1S/C17H32N2O2.ClH/c1-18-11-5-15-6-12-19(13-7-15)16(20)17(10-14-21-2)8-3-4-9-17;/h15,18H,3-14H2,1-2H3;1H. The van der Waals surface area contributed by atoms with Gasteiger partial charge < -0.3 is 15.0 Å². The van der Waals surface area contributed by atoms with Gasteiger partial charge in [-0.3, -0.25) is 4.79 Å². The molecule has 0 bridgehead atoms. The van der Waals surface area contributed by atoms with E-state index in [0.717, 1.165) is 44.8 Å². The maximum absolute atomic E-state index is 13.0. The Bertz CT molecular complexity index is 325. The number of nitrogens with one attached hydrogen (secondary N) is 1. The van der Waals surface area contributed by atoms with Gasteiger partial charge in [-0.1, -0.05) is 12.8 Å². The Labute approximate surface area is 141 Å². The second-order valence-electron chi connectivity index (χ2n) is 6.86. The van der Waals surface area contributed by atoms with Crippen molar-refractivity contribution in [2.75, 3.05) is 40.4 Å². The van der Waals surface area contributed by atoms with Crippen LogP contribution in [-0.2, 0) is 9.53 Å². The van der Waals surface area contributed by atoms with E-state index in [9.17, 15) is 4.79 Å². The molecule has 2 rings (SSSR count). The van der Waals surface area contributed by atoms with Crippen molar-refractivity contribution in [1.82, 2.24) is 10.2 Å². The molecule has 0 atom stereocenters. The van der Waals surface area contributed by atoms with Crippen LogP contribution in [0, 0.1) is 11.3 Å². The van der Waals surface area contributed by atoms with Gasteiger partial charge >= 0.3 is 0 Å². The van der Waals surface area contributed by atoms with Crippen LogP contribution in [0.5, 0.6) is 0 Å². The lowest BCUT2D eigenvalue weighted by Crippen LogP contribution is -2.47. The van der Waals surface area contributed by atoms with Crippen molar-refractivity contribution in [3.63, 3.8) is 0 Å². The lowest BCUT2D eigenvalue weighted by Gasteiger charge is -2.38. The molecule has 0 aromatic carbocycles. The van der Waals surface area contributed by atoms with Gasteiger partial charge in [-0.25, -0.2) is 0 Å². The van der Waals surface area contributed by atoms with E-state index in [2.05, 4.69) is 10.2 Å². The molecule has 1 saturated carbocycles. The summed E-state index contributed by atoms with van der Waals surface area (Å²) in [6, 6.07) is 0. The van der Waals surface area contributed by atoms with Gasteiger partial charge in [0, 0.05) is 26.8 Å². The van der Waals surface area contributed by atoms with Crippen LogP contribution < -0.4 is 5.32 Å². The van der Waals surface area contributed by atoms with E-state index in [4.69, 9.17) is 4.74 Å². The number of carbonyl (C=O) groups is 1. The van der Waals surface area contributed by atoms with Crippen molar-refractivity contribution in [3.05, 3.63) is 0 Å². The van der Waals surface area contributed by atoms with Gasteiger partial charge in [0.25, 0.3) is 0 Å². The Morgan fingerprint density at radius 2 is 1.91 bits per heavy atom. The van der Waals surface area contributed by atoms with Crippen LogP contribution in [0.2, 0.25) is 0 Å². The minimum Gasteiger partial charge on any atom is -0.385 e. The molecule has 1 N–H and O–H groups in total. The number of hydrogen-bond acceptors (Lipinski definition) is 3. The molecule has 2 fully saturated rings.